The number of benzene rings is 3. The average molecular weight is 561 g/mol. The first-order chi connectivity index (χ1) is 19.4. The molecule has 1 N–H and O–H groups in total. The number of fused-ring (bicyclic) bond motifs is 1. The fourth-order valence-electron chi connectivity index (χ4n) is 5.28. The van der Waals surface area contributed by atoms with Crippen LogP contribution in [-0.4, -0.2) is 80.0 Å². The minimum absolute atomic E-state index is 0.0126. The Balaban J connectivity index is 1.25. The van der Waals surface area contributed by atoms with Crippen molar-refractivity contribution in [2.75, 3.05) is 56.2 Å². The number of anilines is 2. The molecule has 10 heteroatoms. The number of carbonyl (C=O) groups excluding carboxylic acids is 1. The van der Waals surface area contributed by atoms with Gasteiger partial charge in [-0.2, -0.15) is 4.98 Å². The number of hydrogen-bond acceptors (Lipinski definition) is 8. The predicted molar refractivity (Wildman–Crippen MR) is 155 cm³/mol. The van der Waals surface area contributed by atoms with E-state index in [2.05, 4.69) is 34.3 Å². The lowest BCUT2D eigenvalue weighted by atomic mass is 9.98. The van der Waals surface area contributed by atoms with Crippen LogP contribution >= 0.6 is 0 Å². The second-order valence-corrected chi connectivity index (χ2v) is 12.6. The number of morpholine rings is 1. The van der Waals surface area contributed by atoms with Crippen molar-refractivity contribution < 1.29 is 22.4 Å². The average Bonchev–Trinajstić information content (AvgIpc) is 3.37. The largest absolute Gasteiger partial charge is 0.423 e. The van der Waals surface area contributed by atoms with Crippen molar-refractivity contribution in [3.8, 4) is 11.1 Å². The molecule has 1 amide bonds. The van der Waals surface area contributed by atoms with Gasteiger partial charge in [-0.1, -0.05) is 36.4 Å². The second kappa shape index (κ2) is 11.0. The third kappa shape index (κ3) is 5.60. The molecule has 40 heavy (non-hydrogen) atoms. The summed E-state index contributed by atoms with van der Waals surface area (Å²) in [7, 11) is -3.09. The van der Waals surface area contributed by atoms with Crippen molar-refractivity contribution in [1.82, 2.24) is 14.8 Å². The van der Waals surface area contributed by atoms with E-state index in [1.807, 2.05) is 42.5 Å². The number of para-hydroxylation sites is 1. The molecule has 2 saturated heterocycles. The van der Waals surface area contributed by atoms with E-state index in [4.69, 9.17) is 9.15 Å². The van der Waals surface area contributed by atoms with Crippen LogP contribution in [0, 0.1) is 6.92 Å². The molecule has 3 aromatic carbocycles. The first-order valence-corrected chi connectivity index (χ1v) is 15.3. The number of aromatic nitrogens is 1. The van der Waals surface area contributed by atoms with E-state index in [0.29, 0.717) is 22.7 Å². The summed E-state index contributed by atoms with van der Waals surface area (Å²) in [6, 6.07) is 19.7. The van der Waals surface area contributed by atoms with Crippen LogP contribution in [0.25, 0.3) is 22.2 Å². The second-order valence-electron chi connectivity index (χ2n) is 10.3. The third-order valence-corrected chi connectivity index (χ3v) is 9.19. The van der Waals surface area contributed by atoms with E-state index in [0.717, 1.165) is 49.7 Å². The molecule has 6 rings (SSSR count). The summed E-state index contributed by atoms with van der Waals surface area (Å²) in [6.45, 7) is 6.84. The van der Waals surface area contributed by atoms with Crippen molar-refractivity contribution >= 4 is 38.5 Å². The molecule has 2 fully saturated rings. The molecule has 0 saturated carbocycles. The summed E-state index contributed by atoms with van der Waals surface area (Å²) in [6.07, 6.45) is 0. The number of ether oxygens (including phenoxy) is 1. The lowest BCUT2D eigenvalue weighted by molar-refractivity contribution is 0.0341. The van der Waals surface area contributed by atoms with Crippen LogP contribution in [0.3, 0.4) is 0 Å². The molecule has 208 valence electrons. The number of aryl methyl sites for hydroxylation is 1. The van der Waals surface area contributed by atoms with Gasteiger partial charge in [0.05, 0.1) is 24.7 Å². The van der Waals surface area contributed by atoms with Crippen molar-refractivity contribution in [3.63, 3.8) is 0 Å². The Morgan fingerprint density at radius 1 is 0.950 bits per heavy atom. The molecule has 0 radical (unpaired) electrons. The van der Waals surface area contributed by atoms with Crippen LogP contribution in [0.2, 0.25) is 0 Å². The Hall–Kier alpha value is -3.73. The number of hydrogen-bond donors (Lipinski definition) is 1. The predicted octanol–water partition coefficient (Wildman–Crippen LogP) is 4.25. The van der Waals surface area contributed by atoms with Gasteiger partial charge in [-0.25, -0.2) is 8.42 Å². The van der Waals surface area contributed by atoms with Gasteiger partial charge in [-0.15, -0.1) is 0 Å². The number of nitrogens with zero attached hydrogens (tertiary/aromatic N) is 3. The van der Waals surface area contributed by atoms with E-state index in [1.54, 1.807) is 11.0 Å². The Kier molecular flexibility index (Phi) is 7.31. The van der Waals surface area contributed by atoms with Gasteiger partial charge in [0, 0.05) is 49.5 Å². The molecule has 3 heterocycles. The van der Waals surface area contributed by atoms with Gasteiger partial charge < -0.3 is 19.4 Å². The number of sulfone groups is 1. The number of nitrogens with one attached hydrogen (secondary N) is 1. The molecule has 0 bridgehead atoms. The Morgan fingerprint density at radius 2 is 1.70 bits per heavy atom. The third-order valence-electron chi connectivity index (χ3n) is 7.59. The van der Waals surface area contributed by atoms with Gasteiger partial charge in [-0.05, 0) is 47.9 Å². The maximum absolute atomic E-state index is 13.4. The number of rotatable bonds is 6. The monoisotopic (exact) mass is 560 g/mol. The molecular weight excluding hydrogens is 528 g/mol. The van der Waals surface area contributed by atoms with Gasteiger partial charge in [-0.3, -0.25) is 9.69 Å². The molecule has 4 aromatic rings. The van der Waals surface area contributed by atoms with Crippen molar-refractivity contribution in [2.24, 2.45) is 0 Å². The van der Waals surface area contributed by atoms with Gasteiger partial charge in [0.25, 0.3) is 11.9 Å². The normalized spacial score (nSPS) is 17.7. The standard InChI is InChI=1S/C30H32N4O5S/c1-21-19-23(10-9-22(21)20-33-11-15-38-16-12-33)31-30-32-27-8-4-7-25(28(27)39-30)24-5-2-3-6-26(24)29(35)34-13-17-40(36,37)18-14-34/h2-10,19H,11-18,20H2,1H3,(H,31,32). The summed E-state index contributed by atoms with van der Waals surface area (Å²) in [5.74, 6) is -0.212. The van der Waals surface area contributed by atoms with Crippen LogP contribution in [0.5, 0.6) is 0 Å². The van der Waals surface area contributed by atoms with Crippen molar-refractivity contribution in [3.05, 3.63) is 77.4 Å². The highest BCUT2D eigenvalue weighted by atomic mass is 32.2. The smallest absolute Gasteiger partial charge is 0.300 e. The highest BCUT2D eigenvalue weighted by Crippen LogP contribution is 2.34. The molecule has 0 aliphatic carbocycles. The summed E-state index contributed by atoms with van der Waals surface area (Å²) >= 11 is 0. The SMILES string of the molecule is Cc1cc(Nc2nc3cccc(-c4ccccc4C(=O)N4CCS(=O)(=O)CC4)c3o2)ccc1CN1CCOCC1. The first-order valence-electron chi connectivity index (χ1n) is 13.5. The lowest BCUT2D eigenvalue weighted by Crippen LogP contribution is -2.43. The van der Waals surface area contributed by atoms with Gasteiger partial charge in [0.2, 0.25) is 0 Å². The van der Waals surface area contributed by atoms with E-state index >= 15 is 0 Å². The van der Waals surface area contributed by atoms with E-state index in [-0.39, 0.29) is 30.5 Å². The van der Waals surface area contributed by atoms with Crippen molar-refractivity contribution in [1.29, 1.82) is 0 Å². The van der Waals surface area contributed by atoms with Crippen LogP contribution in [0.15, 0.2) is 65.1 Å². The topological polar surface area (TPSA) is 105 Å². The molecular formula is C30H32N4O5S. The zero-order valence-electron chi connectivity index (χ0n) is 22.4. The Morgan fingerprint density at radius 3 is 2.48 bits per heavy atom. The highest BCUT2D eigenvalue weighted by molar-refractivity contribution is 7.91. The van der Waals surface area contributed by atoms with Gasteiger partial charge in [0.1, 0.15) is 5.52 Å². The molecule has 1 aromatic heterocycles. The fraction of sp³-hybridized carbons (Fsp3) is 0.333. The highest BCUT2D eigenvalue weighted by Gasteiger charge is 2.27. The number of oxazole rings is 1. The summed E-state index contributed by atoms with van der Waals surface area (Å²) in [5, 5.41) is 3.30. The minimum atomic E-state index is -3.09. The maximum Gasteiger partial charge on any atom is 0.300 e. The number of amides is 1. The maximum atomic E-state index is 13.4. The van der Waals surface area contributed by atoms with Crippen LogP contribution < -0.4 is 5.32 Å². The summed E-state index contributed by atoms with van der Waals surface area (Å²) in [4.78, 5) is 22.1. The summed E-state index contributed by atoms with van der Waals surface area (Å²) < 4.78 is 35.4. The number of carbonyl (C=O) groups is 1. The molecule has 2 aliphatic rings. The van der Waals surface area contributed by atoms with E-state index in [9.17, 15) is 13.2 Å². The molecule has 0 atom stereocenters. The summed E-state index contributed by atoms with van der Waals surface area (Å²) in [5.41, 5.74) is 6.57. The molecule has 0 spiro atoms. The molecule has 2 aliphatic heterocycles. The van der Waals surface area contributed by atoms with E-state index < -0.39 is 9.84 Å². The Labute approximate surface area is 233 Å². The van der Waals surface area contributed by atoms with Crippen molar-refractivity contribution in [2.45, 2.75) is 13.5 Å². The first kappa shape index (κ1) is 26.5. The van der Waals surface area contributed by atoms with Crippen LogP contribution in [-0.2, 0) is 21.1 Å². The zero-order chi connectivity index (χ0) is 27.7. The van der Waals surface area contributed by atoms with Crippen LogP contribution in [0.1, 0.15) is 21.5 Å². The van der Waals surface area contributed by atoms with Gasteiger partial charge in [0.15, 0.2) is 15.4 Å². The quantitative estimate of drug-likeness (QED) is 0.373. The van der Waals surface area contributed by atoms with Crippen LogP contribution in [0.4, 0.5) is 11.7 Å². The Bertz CT molecular complexity index is 1650. The van der Waals surface area contributed by atoms with E-state index in [1.165, 1.54) is 11.1 Å². The lowest BCUT2D eigenvalue weighted by Gasteiger charge is -2.27. The molecule has 0 unspecified atom stereocenters. The molecule has 9 nitrogen and oxygen atoms in total. The zero-order valence-corrected chi connectivity index (χ0v) is 23.2. The van der Waals surface area contributed by atoms with Gasteiger partial charge >= 0.3 is 0 Å². The fourth-order valence-corrected chi connectivity index (χ4v) is 6.48. The minimum Gasteiger partial charge on any atom is -0.423 e.